The Kier molecular flexibility index (Phi) is 4.44. The molecule has 0 aliphatic carbocycles. The van der Waals surface area contributed by atoms with Gasteiger partial charge in [-0.1, -0.05) is 18.2 Å². The summed E-state index contributed by atoms with van der Waals surface area (Å²) in [5, 5.41) is 0. The first-order valence-electron chi connectivity index (χ1n) is 6.39. The lowest BCUT2D eigenvalue weighted by molar-refractivity contribution is 0.227. The molecule has 1 aliphatic heterocycles. The summed E-state index contributed by atoms with van der Waals surface area (Å²) in [5.41, 5.74) is 0. The topological polar surface area (TPSA) is 49.9 Å². The van der Waals surface area contributed by atoms with E-state index in [9.17, 15) is 8.42 Å². The molecule has 0 N–H and O–H groups in total. The lowest BCUT2D eigenvalue weighted by atomic mass is 10.2. The molecule has 1 aromatic rings. The molecular formula is C13H20N2O3S. The van der Waals surface area contributed by atoms with Crippen LogP contribution in [0.25, 0.3) is 0 Å². The Labute approximate surface area is 115 Å². The van der Waals surface area contributed by atoms with Crippen LogP contribution in [0.1, 0.15) is 12.8 Å². The molecule has 1 saturated heterocycles. The Balaban J connectivity index is 2.00. The van der Waals surface area contributed by atoms with Gasteiger partial charge in [-0.3, -0.25) is 0 Å². The van der Waals surface area contributed by atoms with Gasteiger partial charge in [-0.05, 0) is 25.0 Å². The molecule has 0 unspecified atom stereocenters. The SMILES string of the molecule is CN(C)S(=O)(=O)N1CCC[C@@H]1COc1ccccc1. The van der Waals surface area contributed by atoms with Crippen LogP contribution >= 0.6 is 0 Å². The Hall–Kier alpha value is -1.11. The summed E-state index contributed by atoms with van der Waals surface area (Å²) in [6.45, 7) is 0.973. The number of rotatable bonds is 5. The largest absolute Gasteiger partial charge is 0.492 e. The molecule has 0 aromatic heterocycles. The summed E-state index contributed by atoms with van der Waals surface area (Å²) in [5.74, 6) is 0.775. The average molecular weight is 284 g/mol. The first kappa shape index (κ1) is 14.3. The van der Waals surface area contributed by atoms with Crippen LogP contribution in [0.2, 0.25) is 0 Å². The smallest absolute Gasteiger partial charge is 0.281 e. The van der Waals surface area contributed by atoms with E-state index in [2.05, 4.69) is 0 Å². The molecule has 106 valence electrons. The summed E-state index contributed by atoms with van der Waals surface area (Å²) in [4.78, 5) is 0. The third-order valence-electron chi connectivity index (χ3n) is 3.27. The van der Waals surface area contributed by atoms with E-state index in [0.29, 0.717) is 13.2 Å². The fraction of sp³-hybridized carbons (Fsp3) is 0.538. The number of benzene rings is 1. The monoisotopic (exact) mass is 284 g/mol. The van der Waals surface area contributed by atoms with Gasteiger partial charge in [-0.15, -0.1) is 0 Å². The van der Waals surface area contributed by atoms with E-state index < -0.39 is 10.2 Å². The molecule has 2 rings (SSSR count). The van der Waals surface area contributed by atoms with Crippen molar-refractivity contribution in [3.05, 3.63) is 30.3 Å². The predicted octanol–water partition coefficient (Wildman–Crippen LogP) is 1.34. The zero-order chi connectivity index (χ0) is 13.9. The normalized spacial score (nSPS) is 20.9. The molecule has 19 heavy (non-hydrogen) atoms. The zero-order valence-corrected chi connectivity index (χ0v) is 12.1. The maximum atomic E-state index is 12.2. The minimum atomic E-state index is -3.34. The van der Waals surface area contributed by atoms with Crippen LogP contribution in [-0.2, 0) is 10.2 Å². The summed E-state index contributed by atoms with van der Waals surface area (Å²) in [6, 6.07) is 9.40. The number of hydrogen-bond donors (Lipinski definition) is 0. The van der Waals surface area contributed by atoms with Crippen LogP contribution < -0.4 is 4.74 Å². The van der Waals surface area contributed by atoms with Gasteiger partial charge in [0.05, 0.1) is 6.04 Å². The molecule has 0 amide bonds. The lowest BCUT2D eigenvalue weighted by Crippen LogP contribution is -2.44. The quantitative estimate of drug-likeness (QED) is 0.820. The van der Waals surface area contributed by atoms with Gasteiger partial charge in [-0.25, -0.2) is 0 Å². The maximum absolute atomic E-state index is 12.2. The second-order valence-electron chi connectivity index (χ2n) is 4.82. The van der Waals surface area contributed by atoms with Crippen LogP contribution in [0.4, 0.5) is 0 Å². The van der Waals surface area contributed by atoms with Gasteiger partial charge in [0.15, 0.2) is 0 Å². The van der Waals surface area contributed by atoms with Crippen LogP contribution in [0.3, 0.4) is 0 Å². The minimum absolute atomic E-state index is 0.0763. The molecular weight excluding hydrogens is 264 g/mol. The van der Waals surface area contributed by atoms with Gasteiger partial charge in [0.1, 0.15) is 12.4 Å². The van der Waals surface area contributed by atoms with Crippen molar-refractivity contribution in [3.63, 3.8) is 0 Å². The molecule has 1 aromatic carbocycles. The molecule has 0 spiro atoms. The molecule has 1 aliphatic rings. The third kappa shape index (κ3) is 3.26. The van der Waals surface area contributed by atoms with Crippen molar-refractivity contribution < 1.29 is 13.2 Å². The number of hydrogen-bond acceptors (Lipinski definition) is 3. The molecule has 1 fully saturated rings. The lowest BCUT2D eigenvalue weighted by Gasteiger charge is -2.26. The second kappa shape index (κ2) is 5.90. The Morgan fingerprint density at radius 3 is 2.63 bits per heavy atom. The highest BCUT2D eigenvalue weighted by Gasteiger charge is 2.35. The molecule has 1 heterocycles. The van der Waals surface area contributed by atoms with Crippen molar-refractivity contribution in [2.24, 2.45) is 0 Å². The zero-order valence-electron chi connectivity index (χ0n) is 11.3. The fourth-order valence-corrected chi connectivity index (χ4v) is 3.52. The Morgan fingerprint density at radius 1 is 1.32 bits per heavy atom. The summed E-state index contributed by atoms with van der Waals surface area (Å²) >= 11 is 0. The molecule has 1 atom stereocenters. The van der Waals surface area contributed by atoms with Gasteiger partial charge in [0, 0.05) is 20.6 Å². The minimum Gasteiger partial charge on any atom is -0.492 e. The standard InChI is InChI=1S/C13H20N2O3S/c1-14(2)19(16,17)15-10-6-7-12(15)11-18-13-8-4-3-5-9-13/h3-5,8-9,12H,6-7,10-11H2,1-2H3/t12-/m1/s1. The first-order chi connectivity index (χ1) is 9.01. The highest BCUT2D eigenvalue weighted by molar-refractivity contribution is 7.86. The Morgan fingerprint density at radius 2 is 2.00 bits per heavy atom. The van der Waals surface area contributed by atoms with E-state index >= 15 is 0 Å². The van der Waals surface area contributed by atoms with E-state index in [4.69, 9.17) is 4.74 Å². The molecule has 0 saturated carbocycles. The fourth-order valence-electron chi connectivity index (χ4n) is 2.20. The van der Waals surface area contributed by atoms with Gasteiger partial charge in [0.25, 0.3) is 10.2 Å². The van der Waals surface area contributed by atoms with Crippen molar-refractivity contribution >= 4 is 10.2 Å². The van der Waals surface area contributed by atoms with Crippen molar-refractivity contribution in [1.29, 1.82) is 0 Å². The number of ether oxygens (including phenoxy) is 1. The van der Waals surface area contributed by atoms with E-state index in [-0.39, 0.29) is 6.04 Å². The van der Waals surface area contributed by atoms with Gasteiger partial charge in [0.2, 0.25) is 0 Å². The van der Waals surface area contributed by atoms with Crippen molar-refractivity contribution in [2.45, 2.75) is 18.9 Å². The van der Waals surface area contributed by atoms with Crippen molar-refractivity contribution in [3.8, 4) is 5.75 Å². The van der Waals surface area contributed by atoms with Crippen LogP contribution in [0.15, 0.2) is 30.3 Å². The van der Waals surface area contributed by atoms with E-state index in [1.54, 1.807) is 14.1 Å². The van der Waals surface area contributed by atoms with Crippen LogP contribution in [0, 0.1) is 0 Å². The number of para-hydroxylation sites is 1. The molecule has 0 bridgehead atoms. The van der Waals surface area contributed by atoms with E-state index in [0.717, 1.165) is 18.6 Å². The highest BCUT2D eigenvalue weighted by atomic mass is 32.2. The molecule has 0 radical (unpaired) electrons. The molecule has 5 nitrogen and oxygen atoms in total. The molecule has 6 heteroatoms. The van der Waals surface area contributed by atoms with E-state index in [1.807, 2.05) is 30.3 Å². The second-order valence-corrected chi connectivity index (χ2v) is 6.92. The summed E-state index contributed by atoms with van der Waals surface area (Å²) < 4.78 is 32.8. The number of nitrogens with zero attached hydrogens (tertiary/aromatic N) is 2. The highest BCUT2D eigenvalue weighted by Crippen LogP contribution is 2.23. The average Bonchev–Trinajstić information content (AvgIpc) is 2.86. The van der Waals surface area contributed by atoms with Gasteiger partial charge >= 0.3 is 0 Å². The Bertz CT molecular complexity index is 502. The van der Waals surface area contributed by atoms with Crippen LogP contribution in [0.5, 0.6) is 5.75 Å². The first-order valence-corrected chi connectivity index (χ1v) is 7.78. The predicted molar refractivity (Wildman–Crippen MR) is 74.3 cm³/mol. The summed E-state index contributed by atoms with van der Waals surface area (Å²) in [6.07, 6.45) is 1.73. The van der Waals surface area contributed by atoms with E-state index in [1.165, 1.54) is 8.61 Å². The maximum Gasteiger partial charge on any atom is 0.281 e. The summed E-state index contributed by atoms with van der Waals surface area (Å²) in [7, 11) is -0.227. The van der Waals surface area contributed by atoms with Crippen molar-refractivity contribution in [1.82, 2.24) is 8.61 Å². The van der Waals surface area contributed by atoms with Crippen LogP contribution in [-0.4, -0.2) is 50.3 Å². The third-order valence-corrected chi connectivity index (χ3v) is 5.26. The van der Waals surface area contributed by atoms with Gasteiger partial charge in [-0.2, -0.15) is 17.0 Å². The van der Waals surface area contributed by atoms with Gasteiger partial charge < -0.3 is 4.74 Å². The van der Waals surface area contributed by atoms with Crippen molar-refractivity contribution in [2.75, 3.05) is 27.2 Å².